The van der Waals surface area contributed by atoms with E-state index in [9.17, 15) is 13.2 Å². The van der Waals surface area contributed by atoms with Gasteiger partial charge in [0.25, 0.3) is 0 Å². The largest absolute Gasteiger partial charge is 0.330 e. The molecule has 5 heteroatoms. The van der Waals surface area contributed by atoms with Gasteiger partial charge in [0.15, 0.2) is 17.5 Å². The van der Waals surface area contributed by atoms with E-state index in [2.05, 4.69) is 4.90 Å². The number of nitrogens with zero attached hydrogens (tertiary/aromatic N) is 1. The fraction of sp³-hybridized carbons (Fsp3) is 0.600. The number of rotatable bonds is 7. The average molecular weight is 288 g/mol. The summed E-state index contributed by atoms with van der Waals surface area (Å²) in [4.78, 5) is 2.08. The monoisotopic (exact) mass is 288 g/mol. The summed E-state index contributed by atoms with van der Waals surface area (Å²) < 4.78 is 39.4. The van der Waals surface area contributed by atoms with Crippen LogP contribution < -0.4 is 5.73 Å². The number of hydrogen-bond donors (Lipinski definition) is 1. The summed E-state index contributed by atoms with van der Waals surface area (Å²) in [6, 6.07) is 2.10. The van der Waals surface area contributed by atoms with Gasteiger partial charge in [-0.05, 0) is 42.6 Å². The van der Waals surface area contributed by atoms with Crippen LogP contribution in [0.3, 0.4) is 0 Å². The van der Waals surface area contributed by atoms with Gasteiger partial charge in [-0.15, -0.1) is 0 Å². The zero-order valence-corrected chi connectivity index (χ0v) is 12.3. The molecule has 2 N–H and O–H groups in total. The molecule has 0 aromatic heterocycles. The number of nitrogens with two attached hydrogens (primary N) is 1. The highest BCUT2D eigenvalue weighted by Crippen LogP contribution is 2.19. The van der Waals surface area contributed by atoms with E-state index in [1.165, 1.54) is 0 Å². The molecule has 20 heavy (non-hydrogen) atoms. The summed E-state index contributed by atoms with van der Waals surface area (Å²) in [5.74, 6) is -3.71. The second-order valence-electron chi connectivity index (χ2n) is 5.95. The summed E-state index contributed by atoms with van der Waals surface area (Å²) in [5.41, 5.74) is 6.07. The zero-order valence-electron chi connectivity index (χ0n) is 12.3. The first-order valence-electron chi connectivity index (χ1n) is 6.85. The average Bonchev–Trinajstić information content (AvgIpc) is 2.35. The van der Waals surface area contributed by atoms with E-state index in [0.29, 0.717) is 18.7 Å². The Labute approximate surface area is 118 Å². The topological polar surface area (TPSA) is 29.3 Å². The molecule has 0 saturated carbocycles. The molecule has 0 aliphatic carbocycles. The van der Waals surface area contributed by atoms with Gasteiger partial charge in [0.1, 0.15) is 0 Å². The van der Waals surface area contributed by atoms with Crippen LogP contribution >= 0.6 is 0 Å². The molecular formula is C15H23F3N2. The molecule has 0 unspecified atom stereocenters. The molecule has 0 aliphatic rings. The van der Waals surface area contributed by atoms with Gasteiger partial charge in [0.2, 0.25) is 0 Å². The van der Waals surface area contributed by atoms with E-state index in [4.69, 9.17) is 5.73 Å². The Bertz CT molecular complexity index is 424. The second-order valence-corrected chi connectivity index (χ2v) is 5.95. The standard InChI is InChI=1S/C15H23F3N2/c1-4-5-20(10-15(2,3)9-19)8-11-6-12(16)14(18)13(17)7-11/h6-7H,4-5,8-10,19H2,1-3H3. The van der Waals surface area contributed by atoms with Crippen molar-refractivity contribution in [3.8, 4) is 0 Å². The summed E-state index contributed by atoms with van der Waals surface area (Å²) in [6.45, 7) is 8.55. The number of hydrogen-bond acceptors (Lipinski definition) is 2. The van der Waals surface area contributed by atoms with Crippen LogP contribution in [-0.4, -0.2) is 24.5 Å². The van der Waals surface area contributed by atoms with Crippen molar-refractivity contribution in [3.63, 3.8) is 0 Å². The lowest BCUT2D eigenvalue weighted by molar-refractivity contribution is 0.175. The maximum atomic E-state index is 13.2. The molecule has 0 spiro atoms. The van der Waals surface area contributed by atoms with Crippen LogP contribution in [-0.2, 0) is 6.54 Å². The molecule has 0 heterocycles. The Morgan fingerprint density at radius 2 is 1.70 bits per heavy atom. The molecule has 0 atom stereocenters. The second kappa shape index (κ2) is 7.09. The van der Waals surface area contributed by atoms with Crippen LogP contribution in [0.5, 0.6) is 0 Å². The van der Waals surface area contributed by atoms with Crippen LogP contribution in [0.1, 0.15) is 32.8 Å². The van der Waals surface area contributed by atoms with Gasteiger partial charge in [-0.3, -0.25) is 4.90 Å². The van der Waals surface area contributed by atoms with Gasteiger partial charge in [-0.1, -0.05) is 20.8 Å². The predicted octanol–water partition coefficient (Wildman–Crippen LogP) is 3.30. The Kier molecular flexibility index (Phi) is 6.02. The van der Waals surface area contributed by atoms with Crippen LogP contribution in [0.2, 0.25) is 0 Å². The molecule has 114 valence electrons. The molecular weight excluding hydrogens is 265 g/mol. The van der Waals surface area contributed by atoms with Crippen molar-refractivity contribution in [1.82, 2.24) is 4.90 Å². The maximum absolute atomic E-state index is 13.2. The van der Waals surface area contributed by atoms with Gasteiger partial charge < -0.3 is 5.73 Å². The first kappa shape index (κ1) is 17.0. The number of benzene rings is 1. The zero-order chi connectivity index (χ0) is 15.3. The third-order valence-corrected chi connectivity index (χ3v) is 3.19. The molecule has 0 bridgehead atoms. The minimum atomic E-state index is -1.42. The lowest BCUT2D eigenvalue weighted by Crippen LogP contribution is -2.38. The van der Waals surface area contributed by atoms with Gasteiger partial charge in [-0.2, -0.15) is 0 Å². The smallest absolute Gasteiger partial charge is 0.194 e. The molecule has 2 nitrogen and oxygen atoms in total. The van der Waals surface area contributed by atoms with Crippen LogP contribution in [0.25, 0.3) is 0 Å². The quantitative estimate of drug-likeness (QED) is 0.780. The fourth-order valence-corrected chi connectivity index (χ4v) is 2.16. The Balaban J connectivity index is 2.85. The SMILES string of the molecule is CCCN(Cc1cc(F)c(F)c(F)c1)CC(C)(C)CN. The predicted molar refractivity (Wildman–Crippen MR) is 74.7 cm³/mol. The third kappa shape index (κ3) is 4.80. The van der Waals surface area contributed by atoms with Crippen molar-refractivity contribution in [3.05, 3.63) is 35.1 Å². The Morgan fingerprint density at radius 1 is 1.15 bits per heavy atom. The van der Waals surface area contributed by atoms with E-state index in [0.717, 1.165) is 31.6 Å². The summed E-state index contributed by atoms with van der Waals surface area (Å²) in [7, 11) is 0. The minimum absolute atomic E-state index is 0.0771. The van der Waals surface area contributed by atoms with Crippen molar-refractivity contribution < 1.29 is 13.2 Å². The first-order valence-corrected chi connectivity index (χ1v) is 6.85. The molecule has 1 aromatic carbocycles. The van der Waals surface area contributed by atoms with Gasteiger partial charge >= 0.3 is 0 Å². The van der Waals surface area contributed by atoms with E-state index in [-0.39, 0.29) is 5.41 Å². The highest BCUT2D eigenvalue weighted by atomic mass is 19.2. The third-order valence-electron chi connectivity index (χ3n) is 3.19. The van der Waals surface area contributed by atoms with Crippen LogP contribution in [0.15, 0.2) is 12.1 Å². The van der Waals surface area contributed by atoms with E-state index < -0.39 is 17.5 Å². The Morgan fingerprint density at radius 3 is 2.15 bits per heavy atom. The summed E-state index contributed by atoms with van der Waals surface area (Å²) >= 11 is 0. The summed E-state index contributed by atoms with van der Waals surface area (Å²) in [5, 5.41) is 0. The van der Waals surface area contributed by atoms with Crippen molar-refractivity contribution in [2.45, 2.75) is 33.7 Å². The van der Waals surface area contributed by atoms with Crippen LogP contribution in [0.4, 0.5) is 13.2 Å². The highest BCUT2D eigenvalue weighted by molar-refractivity contribution is 5.19. The summed E-state index contributed by atoms with van der Waals surface area (Å²) in [6.07, 6.45) is 0.923. The van der Waals surface area contributed by atoms with Crippen LogP contribution in [0, 0.1) is 22.9 Å². The molecule has 0 fully saturated rings. The molecule has 0 saturated heterocycles. The van der Waals surface area contributed by atoms with Gasteiger partial charge in [-0.25, -0.2) is 13.2 Å². The van der Waals surface area contributed by atoms with E-state index in [1.54, 1.807) is 0 Å². The lowest BCUT2D eigenvalue weighted by atomic mass is 9.93. The van der Waals surface area contributed by atoms with Gasteiger partial charge in [0, 0.05) is 13.1 Å². The van der Waals surface area contributed by atoms with Gasteiger partial charge in [0.05, 0.1) is 0 Å². The minimum Gasteiger partial charge on any atom is -0.330 e. The maximum Gasteiger partial charge on any atom is 0.194 e. The Hall–Kier alpha value is -1.07. The molecule has 0 radical (unpaired) electrons. The highest BCUT2D eigenvalue weighted by Gasteiger charge is 2.20. The van der Waals surface area contributed by atoms with Crippen molar-refractivity contribution >= 4 is 0 Å². The molecule has 1 rings (SSSR count). The first-order chi connectivity index (χ1) is 9.29. The van der Waals surface area contributed by atoms with Crippen molar-refractivity contribution in [2.24, 2.45) is 11.1 Å². The molecule has 1 aromatic rings. The van der Waals surface area contributed by atoms with Crippen molar-refractivity contribution in [2.75, 3.05) is 19.6 Å². The van der Waals surface area contributed by atoms with Crippen molar-refractivity contribution in [1.29, 1.82) is 0 Å². The normalized spacial score (nSPS) is 12.2. The lowest BCUT2D eigenvalue weighted by Gasteiger charge is -2.31. The van der Waals surface area contributed by atoms with E-state index in [1.807, 2.05) is 20.8 Å². The molecule has 0 aliphatic heterocycles. The molecule has 0 amide bonds. The number of halogens is 3. The van der Waals surface area contributed by atoms with E-state index >= 15 is 0 Å². The fourth-order valence-electron chi connectivity index (χ4n) is 2.16.